The predicted octanol–water partition coefficient (Wildman–Crippen LogP) is 5.14. The van der Waals surface area contributed by atoms with Gasteiger partial charge in [-0.3, -0.25) is 15.2 Å². The van der Waals surface area contributed by atoms with E-state index in [1.54, 1.807) is 41.8 Å². The van der Waals surface area contributed by atoms with Gasteiger partial charge in [0.05, 0.1) is 5.69 Å². The molecule has 1 aliphatic rings. The van der Waals surface area contributed by atoms with Crippen LogP contribution in [0.5, 0.6) is 11.5 Å². The number of aromatic amines is 1. The maximum Gasteiger partial charge on any atom is 0.257 e. The first kappa shape index (κ1) is 24.2. The summed E-state index contributed by atoms with van der Waals surface area (Å²) in [4.78, 5) is 23.0. The van der Waals surface area contributed by atoms with E-state index >= 15 is 0 Å². The van der Waals surface area contributed by atoms with Crippen molar-refractivity contribution < 1.29 is 9.53 Å². The smallest absolute Gasteiger partial charge is 0.257 e. The molecule has 4 heterocycles. The second kappa shape index (κ2) is 11.0. The van der Waals surface area contributed by atoms with Gasteiger partial charge in [0.2, 0.25) is 0 Å². The SMILES string of the molecule is CCCc1sc(NC(=O)c2ccc(Oc3ccnc4[nH]nc(NC5CCCNC5)c34)cc2)nc1CC. The molecule has 1 amide bonds. The van der Waals surface area contributed by atoms with Crippen molar-refractivity contribution in [2.75, 3.05) is 23.7 Å². The molecule has 1 aliphatic heterocycles. The quantitative estimate of drug-likeness (QED) is 0.249. The zero-order valence-corrected chi connectivity index (χ0v) is 21.4. The molecule has 0 bridgehead atoms. The maximum absolute atomic E-state index is 12.8. The van der Waals surface area contributed by atoms with Crippen LogP contribution in [-0.2, 0) is 12.8 Å². The largest absolute Gasteiger partial charge is 0.456 e. The van der Waals surface area contributed by atoms with E-state index in [2.05, 4.69) is 50.0 Å². The van der Waals surface area contributed by atoms with Crippen molar-refractivity contribution in [2.24, 2.45) is 0 Å². The molecule has 1 aromatic carbocycles. The van der Waals surface area contributed by atoms with Crippen molar-refractivity contribution in [3.05, 3.63) is 52.7 Å². The summed E-state index contributed by atoms with van der Waals surface area (Å²) in [6.07, 6.45) is 6.81. The number of anilines is 2. The van der Waals surface area contributed by atoms with Crippen LogP contribution in [0, 0.1) is 0 Å². The molecular formula is C26H31N7O2S. The molecule has 3 aromatic heterocycles. The first-order valence-electron chi connectivity index (χ1n) is 12.5. The molecule has 4 aromatic rings. The second-order valence-electron chi connectivity index (χ2n) is 8.87. The Hall–Kier alpha value is -3.50. The summed E-state index contributed by atoms with van der Waals surface area (Å²) in [5, 5.41) is 18.7. The van der Waals surface area contributed by atoms with E-state index in [1.807, 2.05) is 6.07 Å². The molecule has 0 spiro atoms. The fourth-order valence-corrected chi connectivity index (χ4v) is 5.53. The zero-order valence-electron chi connectivity index (χ0n) is 20.6. The number of H-pyrrole nitrogens is 1. The minimum absolute atomic E-state index is 0.185. The average Bonchev–Trinajstić information content (AvgIpc) is 3.49. The first-order valence-corrected chi connectivity index (χ1v) is 13.3. The molecule has 188 valence electrons. The van der Waals surface area contributed by atoms with Gasteiger partial charge in [0, 0.05) is 35.3 Å². The number of aryl methyl sites for hydroxylation is 2. The number of ether oxygens (including phenoxy) is 1. The molecule has 1 saturated heterocycles. The summed E-state index contributed by atoms with van der Waals surface area (Å²) in [5.74, 6) is 1.82. The first-order chi connectivity index (χ1) is 17.6. The molecule has 1 atom stereocenters. The third-order valence-corrected chi connectivity index (χ3v) is 7.29. The molecule has 0 radical (unpaired) electrons. The van der Waals surface area contributed by atoms with Crippen molar-refractivity contribution in [2.45, 2.75) is 52.0 Å². The lowest BCUT2D eigenvalue weighted by Gasteiger charge is -2.23. The molecular weight excluding hydrogens is 474 g/mol. The third-order valence-electron chi connectivity index (χ3n) is 6.22. The molecule has 1 fully saturated rings. The molecule has 0 saturated carbocycles. The van der Waals surface area contributed by atoms with Gasteiger partial charge in [0.15, 0.2) is 16.6 Å². The zero-order chi connectivity index (χ0) is 24.9. The van der Waals surface area contributed by atoms with Gasteiger partial charge in [-0.15, -0.1) is 11.3 Å². The van der Waals surface area contributed by atoms with E-state index in [9.17, 15) is 4.79 Å². The van der Waals surface area contributed by atoms with Crippen LogP contribution >= 0.6 is 11.3 Å². The Labute approximate surface area is 214 Å². The Kier molecular flexibility index (Phi) is 7.43. The predicted molar refractivity (Wildman–Crippen MR) is 143 cm³/mol. The number of nitrogens with one attached hydrogen (secondary N) is 4. The van der Waals surface area contributed by atoms with E-state index in [0.29, 0.717) is 33.9 Å². The molecule has 36 heavy (non-hydrogen) atoms. The molecule has 1 unspecified atom stereocenters. The van der Waals surface area contributed by atoms with Gasteiger partial charge in [-0.1, -0.05) is 20.3 Å². The minimum atomic E-state index is -0.185. The number of rotatable bonds is 9. The normalized spacial score (nSPS) is 15.7. The monoisotopic (exact) mass is 505 g/mol. The number of thiazole rings is 1. The fourth-order valence-electron chi connectivity index (χ4n) is 4.39. The standard InChI is InChI=1S/C26H31N7O2S/c1-3-6-21-19(4-2)30-26(36-21)31-25(34)16-8-10-18(11-9-16)35-20-12-14-28-23-22(20)24(33-32-23)29-17-7-5-13-27-15-17/h8-12,14,17,27H,3-7,13,15H2,1-2H3,(H,30,31,34)(H2,28,29,32,33). The van der Waals surface area contributed by atoms with E-state index in [-0.39, 0.29) is 5.91 Å². The highest BCUT2D eigenvalue weighted by Crippen LogP contribution is 2.33. The number of hydrogen-bond acceptors (Lipinski definition) is 8. The second-order valence-corrected chi connectivity index (χ2v) is 9.95. The Morgan fingerprint density at radius 3 is 2.83 bits per heavy atom. The highest BCUT2D eigenvalue weighted by molar-refractivity contribution is 7.15. The molecule has 0 aliphatic carbocycles. The lowest BCUT2D eigenvalue weighted by Crippen LogP contribution is -2.38. The Morgan fingerprint density at radius 2 is 2.08 bits per heavy atom. The molecule has 5 rings (SSSR count). The number of nitrogens with zero attached hydrogens (tertiary/aromatic N) is 3. The van der Waals surface area contributed by atoms with Gasteiger partial charge in [-0.2, -0.15) is 5.10 Å². The summed E-state index contributed by atoms with van der Waals surface area (Å²) in [7, 11) is 0. The summed E-state index contributed by atoms with van der Waals surface area (Å²) in [6.45, 7) is 6.18. The number of piperidine rings is 1. The van der Waals surface area contributed by atoms with Crippen molar-refractivity contribution in [3.63, 3.8) is 0 Å². The van der Waals surface area contributed by atoms with Gasteiger partial charge >= 0.3 is 0 Å². The van der Waals surface area contributed by atoms with Crippen LogP contribution < -0.4 is 20.7 Å². The lowest BCUT2D eigenvalue weighted by atomic mass is 10.1. The van der Waals surface area contributed by atoms with E-state index in [0.717, 1.165) is 62.1 Å². The fraction of sp³-hybridized carbons (Fsp3) is 0.385. The highest BCUT2D eigenvalue weighted by atomic mass is 32.1. The molecule has 9 nitrogen and oxygen atoms in total. The van der Waals surface area contributed by atoms with E-state index in [4.69, 9.17) is 4.74 Å². The van der Waals surface area contributed by atoms with Crippen LogP contribution in [0.2, 0.25) is 0 Å². The van der Waals surface area contributed by atoms with E-state index in [1.165, 1.54) is 4.88 Å². The van der Waals surface area contributed by atoms with Gasteiger partial charge in [0.25, 0.3) is 5.91 Å². The van der Waals surface area contributed by atoms with Gasteiger partial charge in [-0.25, -0.2) is 9.97 Å². The Balaban J connectivity index is 1.29. The van der Waals surface area contributed by atoms with Crippen molar-refractivity contribution >= 4 is 39.2 Å². The molecule has 4 N–H and O–H groups in total. The summed E-state index contributed by atoms with van der Waals surface area (Å²) in [5.41, 5.74) is 2.27. The van der Waals surface area contributed by atoms with Crippen molar-refractivity contribution in [3.8, 4) is 11.5 Å². The number of fused-ring (bicyclic) bond motifs is 1. The van der Waals surface area contributed by atoms with Crippen LogP contribution in [0.4, 0.5) is 10.9 Å². The number of pyridine rings is 1. The number of carbonyl (C=O) groups is 1. The topological polar surface area (TPSA) is 117 Å². The number of aromatic nitrogens is 4. The van der Waals surface area contributed by atoms with Gasteiger partial charge in [0.1, 0.15) is 16.9 Å². The lowest BCUT2D eigenvalue weighted by molar-refractivity contribution is 0.102. The third kappa shape index (κ3) is 5.34. The van der Waals surface area contributed by atoms with Crippen LogP contribution in [0.3, 0.4) is 0 Å². The summed E-state index contributed by atoms with van der Waals surface area (Å²) >= 11 is 1.56. The van der Waals surface area contributed by atoms with Crippen molar-refractivity contribution in [1.29, 1.82) is 0 Å². The van der Waals surface area contributed by atoms with Crippen LogP contribution in [-0.4, -0.2) is 45.2 Å². The number of hydrogen-bond donors (Lipinski definition) is 4. The Morgan fingerprint density at radius 1 is 1.22 bits per heavy atom. The van der Waals surface area contributed by atoms with Crippen LogP contribution in [0.1, 0.15) is 54.0 Å². The number of carbonyl (C=O) groups excluding carboxylic acids is 1. The van der Waals surface area contributed by atoms with Crippen LogP contribution in [0.15, 0.2) is 36.5 Å². The van der Waals surface area contributed by atoms with Gasteiger partial charge < -0.3 is 15.4 Å². The van der Waals surface area contributed by atoms with Gasteiger partial charge in [-0.05, 0) is 56.5 Å². The van der Waals surface area contributed by atoms with E-state index < -0.39 is 0 Å². The minimum Gasteiger partial charge on any atom is -0.456 e. The summed E-state index contributed by atoms with van der Waals surface area (Å²) in [6, 6.07) is 9.23. The number of amides is 1. The Bertz CT molecular complexity index is 1330. The summed E-state index contributed by atoms with van der Waals surface area (Å²) < 4.78 is 6.20. The number of benzene rings is 1. The highest BCUT2D eigenvalue weighted by Gasteiger charge is 2.19. The average molecular weight is 506 g/mol. The van der Waals surface area contributed by atoms with Crippen molar-refractivity contribution in [1.82, 2.24) is 25.5 Å². The maximum atomic E-state index is 12.8. The molecule has 10 heteroatoms. The van der Waals surface area contributed by atoms with Crippen LogP contribution in [0.25, 0.3) is 11.0 Å².